The van der Waals surface area contributed by atoms with Crippen LogP contribution in [0.15, 0.2) is 0 Å². The van der Waals surface area contributed by atoms with E-state index in [1.54, 1.807) is 0 Å². The van der Waals surface area contributed by atoms with Crippen LogP contribution in [0.1, 0.15) is 26.7 Å². The lowest BCUT2D eigenvalue weighted by Crippen LogP contribution is -2.42. The standard InChI is InChI=1S/C11H17NO2/c1-6-5-12-10(14)9(13)8-4-3-7(6)11(8,12)2/h6-9,13H,3-5H2,1-2H3/t6-,7-,8+,9-,11+/m0/s1. The average molecular weight is 195 g/mol. The van der Waals surface area contributed by atoms with Crippen LogP contribution >= 0.6 is 0 Å². The van der Waals surface area contributed by atoms with Crippen LogP contribution in [0.3, 0.4) is 0 Å². The maximum atomic E-state index is 11.8. The van der Waals surface area contributed by atoms with E-state index in [0.29, 0.717) is 11.8 Å². The number of hydrogen-bond acceptors (Lipinski definition) is 2. The number of amides is 1. The molecule has 3 aliphatic rings. The molecule has 0 aromatic carbocycles. The van der Waals surface area contributed by atoms with E-state index in [0.717, 1.165) is 13.0 Å². The highest BCUT2D eigenvalue weighted by Gasteiger charge is 2.66. The molecular weight excluding hydrogens is 178 g/mol. The van der Waals surface area contributed by atoms with E-state index in [9.17, 15) is 9.90 Å². The summed E-state index contributed by atoms with van der Waals surface area (Å²) in [5, 5.41) is 9.85. The van der Waals surface area contributed by atoms with Crippen molar-refractivity contribution in [2.75, 3.05) is 6.54 Å². The number of aliphatic hydroxyl groups is 1. The lowest BCUT2D eigenvalue weighted by Gasteiger charge is -2.31. The SMILES string of the molecule is C[C@H]1CN2C(=O)[C@@H](O)[C@H]3CC[C@@H]1[C@]32C. The van der Waals surface area contributed by atoms with Gasteiger partial charge >= 0.3 is 0 Å². The molecule has 1 N–H and O–H groups in total. The fourth-order valence-electron chi connectivity index (χ4n) is 4.23. The van der Waals surface area contributed by atoms with Gasteiger partial charge in [0.05, 0.1) is 0 Å². The van der Waals surface area contributed by atoms with Gasteiger partial charge in [-0.25, -0.2) is 0 Å². The van der Waals surface area contributed by atoms with Crippen LogP contribution in [0.2, 0.25) is 0 Å². The molecule has 0 unspecified atom stereocenters. The number of carbonyl (C=O) groups excluding carboxylic acids is 1. The van der Waals surface area contributed by atoms with Crippen LogP contribution in [-0.2, 0) is 4.79 Å². The van der Waals surface area contributed by atoms with Crippen molar-refractivity contribution >= 4 is 5.91 Å². The number of nitrogens with zero attached hydrogens (tertiary/aromatic N) is 1. The first-order chi connectivity index (χ1) is 6.56. The summed E-state index contributed by atoms with van der Waals surface area (Å²) < 4.78 is 0. The van der Waals surface area contributed by atoms with E-state index in [1.807, 2.05) is 4.90 Å². The van der Waals surface area contributed by atoms with Crippen LogP contribution in [-0.4, -0.2) is 34.1 Å². The minimum absolute atomic E-state index is 0.0179. The molecule has 2 heterocycles. The van der Waals surface area contributed by atoms with Gasteiger partial charge in [0, 0.05) is 18.0 Å². The molecule has 78 valence electrons. The van der Waals surface area contributed by atoms with Crippen molar-refractivity contribution in [3.8, 4) is 0 Å². The van der Waals surface area contributed by atoms with Crippen molar-refractivity contribution in [3.05, 3.63) is 0 Å². The Morgan fingerprint density at radius 2 is 2.07 bits per heavy atom. The van der Waals surface area contributed by atoms with E-state index in [-0.39, 0.29) is 17.4 Å². The van der Waals surface area contributed by atoms with Gasteiger partial charge in [-0.3, -0.25) is 4.79 Å². The zero-order valence-electron chi connectivity index (χ0n) is 8.73. The normalized spacial score (nSPS) is 55.6. The molecule has 3 rings (SSSR count). The fourth-order valence-corrected chi connectivity index (χ4v) is 4.23. The molecule has 5 atom stereocenters. The molecule has 3 fully saturated rings. The molecule has 1 aliphatic carbocycles. The first kappa shape index (κ1) is 8.72. The van der Waals surface area contributed by atoms with Gasteiger partial charge in [0.25, 0.3) is 5.91 Å². The molecule has 0 aromatic heterocycles. The molecule has 3 heteroatoms. The Labute approximate surface area is 84.1 Å². The molecule has 0 bridgehead atoms. The van der Waals surface area contributed by atoms with Gasteiger partial charge in [-0.1, -0.05) is 6.92 Å². The highest BCUT2D eigenvalue weighted by molar-refractivity contribution is 5.85. The smallest absolute Gasteiger partial charge is 0.252 e. The molecule has 2 saturated heterocycles. The number of aliphatic hydroxyl groups excluding tert-OH is 1. The van der Waals surface area contributed by atoms with Gasteiger partial charge in [0.1, 0.15) is 6.10 Å². The van der Waals surface area contributed by atoms with Crippen LogP contribution in [0.4, 0.5) is 0 Å². The maximum absolute atomic E-state index is 11.8. The molecule has 0 radical (unpaired) electrons. The zero-order valence-corrected chi connectivity index (χ0v) is 8.73. The van der Waals surface area contributed by atoms with Gasteiger partial charge in [0.2, 0.25) is 0 Å². The third-order valence-corrected chi connectivity index (χ3v) is 4.93. The van der Waals surface area contributed by atoms with Crippen molar-refractivity contribution in [2.45, 2.75) is 38.3 Å². The Morgan fingerprint density at radius 3 is 2.79 bits per heavy atom. The average Bonchev–Trinajstić information content (AvgIpc) is 2.65. The third-order valence-electron chi connectivity index (χ3n) is 4.93. The molecule has 0 spiro atoms. The summed E-state index contributed by atoms with van der Waals surface area (Å²) in [5.41, 5.74) is -0.0179. The van der Waals surface area contributed by atoms with Gasteiger partial charge in [0.15, 0.2) is 0 Å². The Hall–Kier alpha value is -0.570. The van der Waals surface area contributed by atoms with Gasteiger partial charge in [-0.05, 0) is 31.6 Å². The predicted molar refractivity (Wildman–Crippen MR) is 51.5 cm³/mol. The molecule has 2 aliphatic heterocycles. The van der Waals surface area contributed by atoms with E-state index >= 15 is 0 Å². The second-order valence-corrected chi connectivity index (χ2v) is 5.39. The minimum atomic E-state index is -0.711. The minimum Gasteiger partial charge on any atom is -0.383 e. The number of carbonyl (C=O) groups is 1. The second kappa shape index (κ2) is 2.32. The topological polar surface area (TPSA) is 40.5 Å². The quantitative estimate of drug-likeness (QED) is 0.615. The van der Waals surface area contributed by atoms with Crippen molar-refractivity contribution in [3.63, 3.8) is 0 Å². The van der Waals surface area contributed by atoms with Crippen LogP contribution in [0.25, 0.3) is 0 Å². The van der Waals surface area contributed by atoms with Crippen molar-refractivity contribution in [1.29, 1.82) is 0 Å². The molecule has 14 heavy (non-hydrogen) atoms. The summed E-state index contributed by atoms with van der Waals surface area (Å²) in [6.07, 6.45) is 1.50. The Balaban J connectivity index is 2.09. The Morgan fingerprint density at radius 1 is 1.43 bits per heavy atom. The van der Waals surface area contributed by atoms with E-state index in [2.05, 4.69) is 13.8 Å². The summed E-state index contributed by atoms with van der Waals surface area (Å²) in [7, 11) is 0. The second-order valence-electron chi connectivity index (χ2n) is 5.39. The molecule has 0 aromatic rings. The molecule has 3 nitrogen and oxygen atoms in total. The summed E-state index contributed by atoms with van der Waals surface area (Å²) in [6.45, 7) is 5.26. The Bertz CT molecular complexity index is 304. The van der Waals surface area contributed by atoms with Gasteiger partial charge < -0.3 is 10.0 Å². The molecule has 1 amide bonds. The highest BCUT2D eigenvalue weighted by Crippen LogP contribution is 2.57. The first-order valence-corrected chi connectivity index (χ1v) is 5.56. The van der Waals surface area contributed by atoms with Crippen LogP contribution in [0.5, 0.6) is 0 Å². The highest BCUT2D eigenvalue weighted by atomic mass is 16.3. The van der Waals surface area contributed by atoms with Gasteiger partial charge in [-0.15, -0.1) is 0 Å². The van der Waals surface area contributed by atoms with Gasteiger partial charge in [-0.2, -0.15) is 0 Å². The largest absolute Gasteiger partial charge is 0.383 e. The first-order valence-electron chi connectivity index (χ1n) is 5.56. The lowest BCUT2D eigenvalue weighted by molar-refractivity contribution is -0.136. The maximum Gasteiger partial charge on any atom is 0.252 e. The third kappa shape index (κ3) is 0.691. The number of rotatable bonds is 0. The fraction of sp³-hybridized carbons (Fsp3) is 0.909. The summed E-state index contributed by atoms with van der Waals surface area (Å²) >= 11 is 0. The van der Waals surface area contributed by atoms with E-state index in [1.165, 1.54) is 6.42 Å². The summed E-state index contributed by atoms with van der Waals surface area (Å²) in [5.74, 6) is 1.41. The number of hydrogen-bond donors (Lipinski definition) is 1. The molecular formula is C11H17NO2. The molecule has 1 saturated carbocycles. The van der Waals surface area contributed by atoms with Crippen molar-refractivity contribution in [1.82, 2.24) is 4.90 Å². The Kier molecular flexibility index (Phi) is 1.45. The monoisotopic (exact) mass is 195 g/mol. The lowest BCUT2D eigenvalue weighted by atomic mass is 9.80. The van der Waals surface area contributed by atoms with E-state index in [4.69, 9.17) is 0 Å². The zero-order chi connectivity index (χ0) is 10.1. The summed E-state index contributed by atoms with van der Waals surface area (Å²) in [4.78, 5) is 13.8. The van der Waals surface area contributed by atoms with Crippen LogP contribution < -0.4 is 0 Å². The summed E-state index contributed by atoms with van der Waals surface area (Å²) in [6, 6.07) is 0. The van der Waals surface area contributed by atoms with Crippen molar-refractivity contribution < 1.29 is 9.90 Å². The predicted octanol–water partition coefficient (Wildman–Crippen LogP) is 0.624. The van der Waals surface area contributed by atoms with E-state index < -0.39 is 6.10 Å². The van der Waals surface area contributed by atoms with Crippen LogP contribution in [0, 0.1) is 17.8 Å². The van der Waals surface area contributed by atoms with Crippen molar-refractivity contribution in [2.24, 2.45) is 17.8 Å².